The van der Waals surface area contributed by atoms with Crippen molar-refractivity contribution < 1.29 is 9.53 Å². The largest absolute Gasteiger partial charge is 0.494 e. The van der Waals surface area contributed by atoms with Crippen LogP contribution in [0.25, 0.3) is 0 Å². The topological polar surface area (TPSA) is 53.9 Å². The van der Waals surface area contributed by atoms with Gasteiger partial charge in [-0.2, -0.15) is 10.1 Å². The van der Waals surface area contributed by atoms with Gasteiger partial charge in [0.15, 0.2) is 0 Å². The molecule has 3 rings (SSSR count). The van der Waals surface area contributed by atoms with E-state index in [1.165, 1.54) is 5.01 Å². The Bertz CT molecular complexity index is 498. The molecule has 17 heavy (non-hydrogen) atoms. The zero-order chi connectivity index (χ0) is 11.8. The van der Waals surface area contributed by atoms with Gasteiger partial charge in [0, 0.05) is 13.1 Å². The Morgan fingerprint density at radius 2 is 2.29 bits per heavy atom. The molecule has 0 saturated carbocycles. The molecular formula is C12H13N3O2. The van der Waals surface area contributed by atoms with Crippen LogP contribution in [-0.4, -0.2) is 31.8 Å². The van der Waals surface area contributed by atoms with Crippen molar-refractivity contribution in [2.24, 2.45) is 11.0 Å². The molecule has 1 atom stereocenters. The van der Waals surface area contributed by atoms with Gasteiger partial charge in [-0.15, -0.1) is 0 Å². The minimum Gasteiger partial charge on any atom is -0.494 e. The van der Waals surface area contributed by atoms with Crippen molar-refractivity contribution in [1.82, 2.24) is 5.32 Å². The first-order chi connectivity index (χ1) is 8.31. The zero-order valence-electron chi connectivity index (χ0n) is 9.51. The summed E-state index contributed by atoms with van der Waals surface area (Å²) in [6.45, 7) is 1.38. The lowest BCUT2D eigenvalue weighted by Crippen LogP contribution is -2.29. The number of rotatable bonds is 2. The van der Waals surface area contributed by atoms with Crippen LogP contribution >= 0.6 is 0 Å². The van der Waals surface area contributed by atoms with E-state index in [-0.39, 0.29) is 11.8 Å². The van der Waals surface area contributed by atoms with E-state index in [1.54, 1.807) is 7.11 Å². The maximum atomic E-state index is 12.2. The van der Waals surface area contributed by atoms with Crippen LogP contribution < -0.4 is 15.1 Å². The quantitative estimate of drug-likeness (QED) is 0.811. The molecule has 1 fully saturated rings. The molecule has 1 saturated heterocycles. The predicted molar refractivity (Wildman–Crippen MR) is 64.3 cm³/mol. The van der Waals surface area contributed by atoms with Crippen LogP contribution in [0, 0.1) is 5.92 Å². The maximum Gasteiger partial charge on any atom is 0.257 e. The molecule has 1 N–H and O–H groups in total. The molecule has 0 aromatic heterocycles. The van der Waals surface area contributed by atoms with E-state index >= 15 is 0 Å². The van der Waals surface area contributed by atoms with Crippen LogP contribution in [0.4, 0.5) is 5.69 Å². The first kappa shape index (κ1) is 10.3. The van der Waals surface area contributed by atoms with Gasteiger partial charge in [0.2, 0.25) is 0 Å². The highest BCUT2D eigenvalue weighted by Gasteiger charge is 2.40. The first-order valence-electron chi connectivity index (χ1n) is 5.56. The van der Waals surface area contributed by atoms with Crippen molar-refractivity contribution >= 4 is 17.3 Å². The smallest absolute Gasteiger partial charge is 0.257 e. The Balaban J connectivity index is 2.00. The second kappa shape index (κ2) is 3.85. The van der Waals surface area contributed by atoms with Crippen LogP contribution in [-0.2, 0) is 4.79 Å². The summed E-state index contributed by atoms with van der Waals surface area (Å²) < 4.78 is 5.25. The number of methoxy groups -OCH3 is 1. The highest BCUT2D eigenvalue weighted by atomic mass is 16.5. The molecule has 1 amide bonds. The molecule has 1 aromatic carbocycles. The van der Waals surface area contributed by atoms with E-state index in [1.807, 2.05) is 24.3 Å². The van der Waals surface area contributed by atoms with Gasteiger partial charge in [0.25, 0.3) is 5.91 Å². The van der Waals surface area contributed by atoms with E-state index in [0.717, 1.165) is 5.71 Å². The van der Waals surface area contributed by atoms with E-state index in [2.05, 4.69) is 10.4 Å². The maximum absolute atomic E-state index is 12.2. The average molecular weight is 231 g/mol. The molecule has 2 heterocycles. The van der Waals surface area contributed by atoms with Gasteiger partial charge < -0.3 is 10.1 Å². The Hall–Kier alpha value is -1.88. The third-order valence-electron chi connectivity index (χ3n) is 3.11. The van der Waals surface area contributed by atoms with Crippen molar-refractivity contribution in [3.05, 3.63) is 24.3 Å². The average Bonchev–Trinajstić information content (AvgIpc) is 2.93. The van der Waals surface area contributed by atoms with Gasteiger partial charge in [-0.05, 0) is 12.1 Å². The van der Waals surface area contributed by atoms with Gasteiger partial charge in [-0.25, -0.2) is 0 Å². The van der Waals surface area contributed by atoms with Crippen LogP contribution in [0.5, 0.6) is 5.75 Å². The second-order valence-corrected chi connectivity index (χ2v) is 4.10. The van der Waals surface area contributed by atoms with Crippen LogP contribution in [0.15, 0.2) is 29.4 Å². The van der Waals surface area contributed by atoms with Crippen molar-refractivity contribution in [2.75, 3.05) is 25.2 Å². The third kappa shape index (κ3) is 1.51. The van der Waals surface area contributed by atoms with E-state index in [9.17, 15) is 4.79 Å². The lowest BCUT2D eigenvalue weighted by Gasteiger charge is -2.16. The molecule has 88 valence electrons. The summed E-state index contributed by atoms with van der Waals surface area (Å²) in [7, 11) is 1.59. The molecular weight excluding hydrogens is 218 g/mol. The number of ether oxygens (including phenoxy) is 1. The summed E-state index contributed by atoms with van der Waals surface area (Å²) in [5, 5.41) is 8.97. The van der Waals surface area contributed by atoms with Crippen LogP contribution in [0.3, 0.4) is 0 Å². The summed E-state index contributed by atoms with van der Waals surface area (Å²) >= 11 is 0. The summed E-state index contributed by atoms with van der Waals surface area (Å²) in [6.07, 6.45) is 0. The van der Waals surface area contributed by atoms with Gasteiger partial charge in [-0.1, -0.05) is 12.1 Å². The minimum atomic E-state index is -0.0973. The number of carbonyl (C=O) groups is 1. The number of nitrogens with one attached hydrogen (secondary N) is 1. The molecule has 5 heteroatoms. The number of carbonyl (C=O) groups excluding carboxylic acids is 1. The Morgan fingerprint density at radius 1 is 1.47 bits per heavy atom. The summed E-state index contributed by atoms with van der Waals surface area (Å²) in [5.74, 6) is 0.590. The SMILES string of the molecule is COc1ccccc1N1N=C2CNCC2C1=O. The Labute approximate surface area is 99.1 Å². The highest BCUT2D eigenvalue weighted by Crippen LogP contribution is 2.32. The van der Waals surface area contributed by atoms with Gasteiger partial charge in [0.05, 0.1) is 18.7 Å². The number of hydrogen-bond donors (Lipinski definition) is 1. The normalized spacial score (nSPS) is 22.6. The molecule has 1 aromatic rings. The minimum absolute atomic E-state index is 0.0227. The second-order valence-electron chi connectivity index (χ2n) is 4.10. The Kier molecular flexibility index (Phi) is 2.33. The molecule has 0 spiro atoms. The number of hydrogen-bond acceptors (Lipinski definition) is 4. The van der Waals surface area contributed by atoms with Gasteiger partial charge in [-0.3, -0.25) is 4.79 Å². The summed E-state index contributed by atoms with van der Waals surface area (Å²) in [5.41, 5.74) is 1.63. The molecule has 0 radical (unpaired) electrons. The zero-order valence-corrected chi connectivity index (χ0v) is 9.51. The molecule has 2 aliphatic heterocycles. The van der Waals surface area contributed by atoms with Crippen LogP contribution in [0.1, 0.15) is 0 Å². The number of hydrazone groups is 1. The molecule has 0 bridgehead atoms. The highest BCUT2D eigenvalue weighted by molar-refractivity contribution is 6.17. The van der Waals surface area contributed by atoms with E-state index < -0.39 is 0 Å². The molecule has 2 aliphatic rings. The number of benzene rings is 1. The van der Waals surface area contributed by atoms with Crippen molar-refractivity contribution in [3.63, 3.8) is 0 Å². The fourth-order valence-electron chi connectivity index (χ4n) is 2.22. The number of amides is 1. The lowest BCUT2D eigenvalue weighted by molar-refractivity contribution is -0.119. The fourth-order valence-corrected chi connectivity index (χ4v) is 2.22. The first-order valence-corrected chi connectivity index (χ1v) is 5.56. The summed E-state index contributed by atoms with van der Waals surface area (Å²) in [6, 6.07) is 7.42. The van der Waals surface area contributed by atoms with Gasteiger partial charge in [0.1, 0.15) is 11.4 Å². The lowest BCUT2D eigenvalue weighted by atomic mass is 10.1. The number of anilines is 1. The molecule has 5 nitrogen and oxygen atoms in total. The molecule has 0 aliphatic carbocycles. The van der Waals surface area contributed by atoms with Gasteiger partial charge >= 0.3 is 0 Å². The van der Waals surface area contributed by atoms with Crippen molar-refractivity contribution in [3.8, 4) is 5.75 Å². The van der Waals surface area contributed by atoms with Crippen LogP contribution in [0.2, 0.25) is 0 Å². The Morgan fingerprint density at radius 3 is 3.06 bits per heavy atom. The third-order valence-corrected chi connectivity index (χ3v) is 3.11. The monoisotopic (exact) mass is 231 g/mol. The number of nitrogens with zero attached hydrogens (tertiary/aromatic N) is 2. The standard InChI is InChI=1S/C12H13N3O2/c1-17-11-5-3-2-4-10(11)15-12(16)8-6-13-7-9(8)14-15/h2-5,8,13H,6-7H2,1H3. The summed E-state index contributed by atoms with van der Waals surface area (Å²) in [4.78, 5) is 12.2. The van der Waals surface area contributed by atoms with Crippen molar-refractivity contribution in [1.29, 1.82) is 0 Å². The number of fused-ring (bicyclic) bond motifs is 1. The van der Waals surface area contributed by atoms with Crippen molar-refractivity contribution in [2.45, 2.75) is 0 Å². The predicted octanol–water partition coefficient (Wildman–Crippen LogP) is 0.617. The van der Waals surface area contributed by atoms with E-state index in [4.69, 9.17) is 4.74 Å². The van der Waals surface area contributed by atoms with E-state index in [0.29, 0.717) is 24.5 Å². The number of para-hydroxylation sites is 2. The fraction of sp³-hybridized carbons (Fsp3) is 0.333. The molecule has 1 unspecified atom stereocenters.